The van der Waals surface area contributed by atoms with E-state index in [-0.39, 0.29) is 249 Å². The van der Waals surface area contributed by atoms with Gasteiger partial charge < -0.3 is 45.1 Å². The van der Waals surface area contributed by atoms with Crippen LogP contribution in [0, 0.1) is 112 Å². The standard InChI is InChI=1S/C27H29BrFNO4.C27H30FNO4.C25H26FNO3.3C4H9.CH2O3.CH4O.CH4.2K.Sn.2H/c1-16-26-24(9-8-22-7-6-19(14-30-22)18-4-3-5-21(29)12-18)23(10-11-28)20(15-33-17(2)31)13-25(26)27(32)34-16;1-15-25-24(27(31)33-15)12-20(14-32-16(2)30)23-9-7-18(26(23)25)11-22-8-6-19(13-29-22)17-4-3-5-21(28)10-17;1-15-24-22(21-9-10-29-14-18(21)12-23(24)25(28)30-15)8-7-20-6-5-17(13-27-20)16-3-2-4-19(26)11-16;3*1-3-4-2;2-1-4-3;1-2;;;;;;/h3-9,12,14,16,20,23-26H,10-11,13,15H2,1-2H3;3-6,8,10,13,15,18,20,23-26H,7,9,11-12,14H2,1-2H3;2-8,11,13,15,18,21-24H,9-10,12,14H2,1H3;3*1,3-4H2,2H3;1,3H;2H,1H3;1H4;;;;;/q;;;;;;;;;2*+1;;;-1/p-1/b9-8+;;8-7+;;;;;;;;;;;/t16-,20-,23-,24+,25-,26+;15-,18+,20-,23-,24-,25-,26+;15-,18-,21-,22+,23-,24+;;;;;;;;;;;/m111.........../s1. The van der Waals surface area contributed by atoms with Gasteiger partial charge in [-0.3, -0.25) is 43.7 Å². The van der Waals surface area contributed by atoms with Crippen LogP contribution in [0.3, 0.4) is 0 Å². The molecule has 14 rings (SSSR count). The second kappa shape index (κ2) is 53.2. The fourth-order valence-electron chi connectivity index (χ4n) is 19.9. The molecule has 1 N–H and O–H groups in total. The Morgan fingerprint density at radius 2 is 1.01 bits per heavy atom. The summed E-state index contributed by atoms with van der Waals surface area (Å²) in [7, 11) is 1.00. The molecule has 638 valence electrons. The number of fused-ring (bicyclic) bond motifs is 6. The molecule has 0 radical (unpaired) electrons. The van der Waals surface area contributed by atoms with Crippen LogP contribution in [-0.2, 0) is 68.5 Å². The van der Waals surface area contributed by atoms with Gasteiger partial charge in [0.05, 0.1) is 42.4 Å². The Bertz CT molecular complexity index is 4160. The number of hydrogen-bond donors (Lipinski definition) is 1. The summed E-state index contributed by atoms with van der Waals surface area (Å²) in [5.41, 5.74) is 7.69. The largest absolute Gasteiger partial charge is 1.00 e. The zero-order chi connectivity index (χ0) is 83.4. The monoisotopic (exact) mass is 1870 g/mol. The SMILES string of the molecule is C.CC(=O)OC[C@H]1C[C@H]2C(=O)O[C@H](C)[C@H]2[C@@H](/C=C/c2ccc(-c3cccc(F)c3)cn2)[C@@H]1CCBr.CC(=O)OC[C@H]1C[C@H]2C(=O)O[C@H](C)[C@H]2[C@H]2[C@H](Cc3ccc(-c4cccc(F)c4)cn3)CC[C@H]12.CCC[CH2][SnH]([CH2]CCC)[CH2]CCC.CO.C[C@H]1OC(=O)[C@@H]2C[C@@H]3COCC[C@H]3[C@H](/C=C/c3ccc(-c4cccc(F)c4)cn3)[C@H]12.O=CO[O-].[H-].[K+].[K+]. The molecular weight excluding hydrogens is 1740 g/mol. The maximum absolute atomic E-state index is 13.6. The number of aromatic nitrogens is 3. The molecule has 18 nitrogen and oxygen atoms in total. The fourth-order valence-corrected chi connectivity index (χ4v) is 31.3. The summed E-state index contributed by atoms with van der Waals surface area (Å²) < 4.78 is 79.1. The van der Waals surface area contributed by atoms with Crippen molar-refractivity contribution in [3.8, 4) is 33.4 Å². The molecule has 3 aromatic carbocycles. The maximum atomic E-state index is 13.6. The van der Waals surface area contributed by atoms with E-state index >= 15 is 0 Å². The van der Waals surface area contributed by atoms with Crippen molar-refractivity contribution in [2.45, 2.75) is 184 Å². The number of hydrogen-bond acceptors (Lipinski definition) is 18. The zero-order valence-corrected chi connectivity index (χ0v) is 81.8. The topological polar surface area (TPSA) is 249 Å². The number of ether oxygens (including phenoxy) is 6. The molecule has 0 amide bonds. The van der Waals surface area contributed by atoms with E-state index in [1.807, 2.05) is 87.6 Å². The summed E-state index contributed by atoms with van der Waals surface area (Å²) in [6, 6.07) is 31.3. The van der Waals surface area contributed by atoms with Crippen LogP contribution in [0.5, 0.6) is 0 Å². The second-order valence-corrected chi connectivity index (χ2v) is 43.1. The van der Waals surface area contributed by atoms with Crippen LogP contribution in [0.1, 0.15) is 165 Å². The van der Waals surface area contributed by atoms with E-state index in [1.54, 1.807) is 43.9 Å². The van der Waals surface area contributed by atoms with E-state index in [2.05, 4.69) is 69.8 Å². The van der Waals surface area contributed by atoms with Gasteiger partial charge >= 0.3 is 225 Å². The molecule has 0 unspecified atom stereocenters. The van der Waals surface area contributed by atoms with Gasteiger partial charge in [0.1, 0.15) is 35.8 Å². The summed E-state index contributed by atoms with van der Waals surface area (Å²) in [6.07, 6.45) is 29.6. The summed E-state index contributed by atoms with van der Waals surface area (Å²) >= 11 is 2.61. The quantitative estimate of drug-likeness (QED) is 0.0106. The van der Waals surface area contributed by atoms with Crippen molar-refractivity contribution in [3.05, 3.63) is 174 Å². The van der Waals surface area contributed by atoms with E-state index < -0.39 is 19.8 Å². The number of allylic oxidation sites excluding steroid dienone is 2. The number of esters is 5. The first-order valence-corrected chi connectivity index (χ1v) is 49.9. The van der Waals surface area contributed by atoms with Crippen molar-refractivity contribution < 1.29 is 190 Å². The van der Waals surface area contributed by atoms with Crippen LogP contribution >= 0.6 is 15.9 Å². The normalized spacial score (nSPS) is 27.0. The summed E-state index contributed by atoms with van der Waals surface area (Å²) in [5, 5.41) is 16.2. The van der Waals surface area contributed by atoms with Crippen molar-refractivity contribution in [1.29, 1.82) is 0 Å². The van der Waals surface area contributed by atoms with Crippen LogP contribution < -0.4 is 108 Å². The number of nitrogens with zero attached hydrogens (tertiary/aromatic N) is 3. The molecule has 6 aromatic rings. The van der Waals surface area contributed by atoms with Gasteiger partial charge in [0.25, 0.3) is 6.47 Å². The number of rotatable bonds is 25. The van der Waals surface area contributed by atoms with Crippen molar-refractivity contribution in [2.75, 3.05) is 38.9 Å². The van der Waals surface area contributed by atoms with Crippen molar-refractivity contribution in [3.63, 3.8) is 0 Å². The van der Waals surface area contributed by atoms with Gasteiger partial charge in [0, 0.05) is 98.2 Å². The van der Waals surface area contributed by atoms with Gasteiger partial charge in [-0.25, -0.2) is 13.2 Å². The number of benzene rings is 3. The molecule has 0 bridgehead atoms. The Kier molecular flexibility index (Phi) is 46.2. The predicted molar refractivity (Wildman–Crippen MR) is 453 cm³/mol. The average Bonchev–Trinajstić information content (AvgIpc) is 1.59. The molecule has 4 saturated heterocycles. The summed E-state index contributed by atoms with van der Waals surface area (Å²) in [5.74, 6) is 1.53. The minimum atomic E-state index is -0.967. The Labute approximate surface area is 805 Å². The van der Waals surface area contributed by atoms with Gasteiger partial charge in [-0.2, -0.15) is 0 Å². The van der Waals surface area contributed by atoms with Crippen LogP contribution in [0.2, 0.25) is 13.3 Å². The Morgan fingerprint density at radius 1 is 0.571 bits per heavy atom. The maximum Gasteiger partial charge on any atom is 1.00 e. The molecule has 119 heavy (non-hydrogen) atoms. The number of alkyl halides is 1. The Balaban J connectivity index is 0.000000285. The van der Waals surface area contributed by atoms with Crippen molar-refractivity contribution in [2.24, 2.45) is 94.7 Å². The molecule has 19 atom stereocenters. The van der Waals surface area contributed by atoms with Crippen molar-refractivity contribution in [1.82, 2.24) is 15.0 Å². The first kappa shape index (κ1) is 103. The molecule has 4 saturated carbocycles. The number of aliphatic hydroxyl groups is 1. The van der Waals surface area contributed by atoms with Crippen LogP contribution in [0.4, 0.5) is 13.2 Å². The zero-order valence-electron chi connectivity index (χ0n) is 71.6. The van der Waals surface area contributed by atoms with Crippen LogP contribution in [0.25, 0.3) is 45.5 Å². The minimum Gasteiger partial charge on any atom is -1.00 e. The van der Waals surface area contributed by atoms with Crippen LogP contribution in [0.15, 0.2) is 140 Å². The van der Waals surface area contributed by atoms with E-state index in [0.717, 1.165) is 121 Å². The second-order valence-electron chi connectivity index (χ2n) is 32.4. The molecule has 3 aromatic heterocycles. The summed E-state index contributed by atoms with van der Waals surface area (Å²) in [4.78, 5) is 85.5. The number of carbonyl (C=O) groups is 6. The van der Waals surface area contributed by atoms with Gasteiger partial charge in [-0.05, 0) is 215 Å². The molecule has 7 heterocycles. The molecule has 4 aliphatic carbocycles. The first-order chi connectivity index (χ1) is 56.1. The van der Waals surface area contributed by atoms with Crippen molar-refractivity contribution >= 4 is 84.2 Å². The smallest absolute Gasteiger partial charge is 1.00 e. The third kappa shape index (κ3) is 29.4. The van der Waals surface area contributed by atoms with E-state index in [0.29, 0.717) is 49.2 Å². The molecule has 4 aliphatic heterocycles. The van der Waals surface area contributed by atoms with Gasteiger partial charge in [-0.15, -0.1) is 0 Å². The molecule has 8 fully saturated rings. The number of halogens is 4. The van der Waals surface area contributed by atoms with E-state index in [1.165, 1.54) is 88.8 Å². The minimum absolute atomic E-state index is 0. The molecule has 25 heteroatoms. The number of cyclic esters (lactones) is 3. The average molecular weight is 1870 g/mol. The number of carbonyl (C=O) groups excluding carboxylic acids is 6. The predicted octanol–water partition coefficient (Wildman–Crippen LogP) is 12.7. The molecule has 0 spiro atoms. The van der Waals surface area contributed by atoms with Gasteiger partial charge in [-0.1, -0.05) is 90.1 Å². The van der Waals surface area contributed by atoms with E-state index in [4.69, 9.17) is 48.6 Å². The Hall–Kier alpha value is -4.37. The molecular formula is C94H123BrF3K2N3O15Sn. The van der Waals surface area contributed by atoms with Gasteiger partial charge in [0.15, 0.2) is 0 Å². The first-order valence-electron chi connectivity index (χ1n) is 41.8. The van der Waals surface area contributed by atoms with Crippen LogP contribution in [-0.4, -0.2) is 133 Å². The third-order valence-corrected chi connectivity index (χ3v) is 36.1. The number of aliphatic hydroxyl groups excluding tert-OH is 1. The van der Waals surface area contributed by atoms with Gasteiger partial charge in [0.2, 0.25) is 0 Å². The summed E-state index contributed by atoms with van der Waals surface area (Å²) in [6.45, 7) is 17.9. The number of pyridine rings is 3. The van der Waals surface area contributed by atoms with E-state index in [9.17, 15) is 37.1 Å². The number of unbranched alkanes of at least 4 members (excludes halogenated alkanes) is 3. The molecule has 8 aliphatic rings. The third-order valence-electron chi connectivity index (χ3n) is 25.2. The fraction of sp³-hybridized carbons (Fsp3) is 0.543. The Morgan fingerprint density at radius 3 is 1.45 bits per heavy atom.